The Morgan fingerprint density at radius 2 is 2.33 bits per heavy atom. The maximum absolute atomic E-state index is 12.5. The number of benzene rings is 1. The number of nitrogens with zero attached hydrogens (tertiary/aromatic N) is 3. The van der Waals surface area contributed by atoms with Crippen LogP contribution in [0.5, 0.6) is 0 Å². The second-order valence-corrected chi connectivity index (χ2v) is 5.87. The number of halogens is 1. The maximum atomic E-state index is 12.5. The van der Waals surface area contributed by atoms with Gasteiger partial charge in [0.1, 0.15) is 0 Å². The summed E-state index contributed by atoms with van der Waals surface area (Å²) in [5, 5.41) is 10.2. The number of hydrogen-bond acceptors (Lipinski definition) is 4. The minimum atomic E-state index is -0.120. The first-order chi connectivity index (χ1) is 10.2. The third kappa shape index (κ3) is 3.66. The van der Waals surface area contributed by atoms with Crippen LogP contribution in [0.15, 0.2) is 40.8 Å². The van der Waals surface area contributed by atoms with Gasteiger partial charge in [0, 0.05) is 23.7 Å². The molecule has 0 saturated carbocycles. The lowest BCUT2D eigenvalue weighted by molar-refractivity contribution is 0.671. The Morgan fingerprint density at radius 1 is 1.52 bits per heavy atom. The van der Waals surface area contributed by atoms with Crippen molar-refractivity contribution >= 4 is 34.3 Å². The van der Waals surface area contributed by atoms with E-state index in [2.05, 4.69) is 17.6 Å². The lowest BCUT2D eigenvalue weighted by Crippen LogP contribution is -2.22. The number of allylic oxidation sites excluding steroid dienone is 1. The number of nitriles is 1. The fourth-order valence-corrected chi connectivity index (χ4v) is 3.01. The van der Waals surface area contributed by atoms with Crippen LogP contribution in [0, 0.1) is 11.3 Å². The standard InChI is InChI=1S/C15H14ClN3OS/c1-2-8-19-14(20)12-10-11(16)5-6-13(12)18-15(19)21-9-4-3-7-17/h2,5-6,10H,1,3-4,8-9H2. The quantitative estimate of drug-likeness (QED) is 0.353. The highest BCUT2D eigenvalue weighted by Crippen LogP contribution is 2.21. The van der Waals surface area contributed by atoms with E-state index in [-0.39, 0.29) is 5.56 Å². The first-order valence-corrected chi connectivity index (χ1v) is 7.84. The van der Waals surface area contributed by atoms with Crippen LogP contribution in [0.1, 0.15) is 12.8 Å². The molecule has 4 nitrogen and oxygen atoms in total. The largest absolute Gasteiger partial charge is 0.283 e. The highest BCUT2D eigenvalue weighted by Gasteiger charge is 2.11. The van der Waals surface area contributed by atoms with Gasteiger partial charge in [-0.2, -0.15) is 5.26 Å². The molecule has 0 saturated heterocycles. The fraction of sp³-hybridized carbons (Fsp3) is 0.267. The van der Waals surface area contributed by atoms with Crippen molar-refractivity contribution in [2.24, 2.45) is 0 Å². The first-order valence-electron chi connectivity index (χ1n) is 6.48. The van der Waals surface area contributed by atoms with E-state index in [1.54, 1.807) is 28.8 Å². The molecular weight excluding hydrogens is 306 g/mol. The smallest absolute Gasteiger partial charge is 0.262 e. The number of aromatic nitrogens is 2. The summed E-state index contributed by atoms with van der Waals surface area (Å²) in [7, 11) is 0. The van der Waals surface area contributed by atoms with Crippen molar-refractivity contribution in [1.29, 1.82) is 5.26 Å². The van der Waals surface area contributed by atoms with Gasteiger partial charge < -0.3 is 0 Å². The molecular formula is C15H14ClN3OS. The number of fused-ring (bicyclic) bond motifs is 1. The maximum Gasteiger partial charge on any atom is 0.262 e. The predicted octanol–water partition coefficient (Wildman–Crippen LogP) is 3.63. The van der Waals surface area contributed by atoms with Gasteiger partial charge in [-0.1, -0.05) is 29.4 Å². The number of hydrogen-bond donors (Lipinski definition) is 0. The Balaban J connectivity index is 2.45. The van der Waals surface area contributed by atoms with E-state index in [4.69, 9.17) is 16.9 Å². The molecule has 0 aliphatic rings. The van der Waals surface area contributed by atoms with Gasteiger partial charge in [-0.15, -0.1) is 6.58 Å². The summed E-state index contributed by atoms with van der Waals surface area (Å²) in [4.78, 5) is 17.1. The van der Waals surface area contributed by atoms with Gasteiger partial charge >= 0.3 is 0 Å². The number of rotatable bonds is 6. The Hall–Kier alpha value is -1.77. The van der Waals surface area contributed by atoms with Crippen molar-refractivity contribution in [1.82, 2.24) is 9.55 Å². The second-order valence-electron chi connectivity index (χ2n) is 4.37. The number of thioether (sulfide) groups is 1. The summed E-state index contributed by atoms with van der Waals surface area (Å²) >= 11 is 7.43. The molecule has 0 spiro atoms. The van der Waals surface area contributed by atoms with E-state index in [0.29, 0.717) is 34.0 Å². The van der Waals surface area contributed by atoms with E-state index < -0.39 is 0 Å². The van der Waals surface area contributed by atoms with Crippen molar-refractivity contribution in [2.45, 2.75) is 24.5 Å². The molecule has 1 aromatic carbocycles. The van der Waals surface area contributed by atoms with Crippen LogP contribution in [0.3, 0.4) is 0 Å². The van der Waals surface area contributed by atoms with E-state index in [0.717, 1.165) is 12.2 Å². The van der Waals surface area contributed by atoms with Crippen LogP contribution in [-0.4, -0.2) is 15.3 Å². The highest BCUT2D eigenvalue weighted by molar-refractivity contribution is 7.99. The minimum Gasteiger partial charge on any atom is -0.283 e. The Morgan fingerprint density at radius 3 is 3.05 bits per heavy atom. The summed E-state index contributed by atoms with van der Waals surface area (Å²) in [6.45, 7) is 4.08. The average molecular weight is 320 g/mol. The van der Waals surface area contributed by atoms with Gasteiger partial charge in [0.15, 0.2) is 5.16 Å². The topological polar surface area (TPSA) is 58.7 Å². The molecule has 108 valence electrons. The zero-order valence-corrected chi connectivity index (χ0v) is 13.0. The van der Waals surface area contributed by atoms with Crippen molar-refractivity contribution in [3.63, 3.8) is 0 Å². The third-order valence-electron chi connectivity index (χ3n) is 2.86. The molecule has 0 bridgehead atoms. The van der Waals surface area contributed by atoms with Crippen molar-refractivity contribution in [3.8, 4) is 6.07 Å². The van der Waals surface area contributed by atoms with Crippen LogP contribution in [0.2, 0.25) is 5.02 Å². The molecule has 0 radical (unpaired) electrons. The van der Waals surface area contributed by atoms with Gasteiger partial charge in [-0.25, -0.2) is 4.98 Å². The molecule has 0 aliphatic carbocycles. The summed E-state index contributed by atoms with van der Waals surface area (Å²) in [5.41, 5.74) is 0.512. The van der Waals surface area contributed by atoms with Crippen LogP contribution in [0.25, 0.3) is 10.9 Å². The Labute approximate surface area is 132 Å². The van der Waals surface area contributed by atoms with E-state index in [9.17, 15) is 4.79 Å². The lowest BCUT2D eigenvalue weighted by Gasteiger charge is -2.11. The van der Waals surface area contributed by atoms with Crippen LogP contribution >= 0.6 is 23.4 Å². The van der Waals surface area contributed by atoms with Gasteiger partial charge in [0.2, 0.25) is 0 Å². The summed E-state index contributed by atoms with van der Waals surface area (Å²) in [5.74, 6) is 0.746. The van der Waals surface area contributed by atoms with Crippen molar-refractivity contribution < 1.29 is 0 Å². The Kier molecular flexibility index (Phi) is 5.43. The van der Waals surface area contributed by atoms with Gasteiger partial charge in [0.05, 0.1) is 17.0 Å². The van der Waals surface area contributed by atoms with Crippen molar-refractivity contribution in [3.05, 3.63) is 46.2 Å². The van der Waals surface area contributed by atoms with Gasteiger partial charge in [0.25, 0.3) is 5.56 Å². The normalized spacial score (nSPS) is 10.5. The molecule has 0 amide bonds. The second kappa shape index (κ2) is 7.30. The molecule has 1 heterocycles. The molecule has 2 rings (SSSR count). The monoisotopic (exact) mass is 319 g/mol. The minimum absolute atomic E-state index is 0.120. The summed E-state index contributed by atoms with van der Waals surface area (Å²) in [6, 6.07) is 7.21. The molecule has 2 aromatic rings. The summed E-state index contributed by atoms with van der Waals surface area (Å²) in [6.07, 6.45) is 2.93. The van der Waals surface area contributed by atoms with Crippen LogP contribution in [-0.2, 0) is 6.54 Å². The molecule has 1 aromatic heterocycles. The predicted molar refractivity (Wildman–Crippen MR) is 86.8 cm³/mol. The SMILES string of the molecule is C=CCn1c(SCCCC#N)nc2ccc(Cl)cc2c1=O. The molecule has 0 aliphatic heterocycles. The number of unbranched alkanes of at least 4 members (excludes halogenated alkanes) is 1. The lowest BCUT2D eigenvalue weighted by atomic mass is 10.2. The summed E-state index contributed by atoms with van der Waals surface area (Å²) < 4.78 is 1.59. The first kappa shape index (κ1) is 15.6. The zero-order valence-electron chi connectivity index (χ0n) is 11.4. The molecule has 0 fully saturated rings. The highest BCUT2D eigenvalue weighted by atomic mass is 35.5. The van der Waals surface area contributed by atoms with Crippen LogP contribution in [0.4, 0.5) is 0 Å². The fourth-order valence-electron chi connectivity index (χ4n) is 1.89. The average Bonchev–Trinajstić information content (AvgIpc) is 2.48. The molecule has 0 unspecified atom stereocenters. The molecule has 0 atom stereocenters. The molecule has 6 heteroatoms. The van der Waals surface area contributed by atoms with E-state index in [1.165, 1.54) is 11.8 Å². The van der Waals surface area contributed by atoms with Gasteiger partial charge in [-0.05, 0) is 24.6 Å². The molecule has 0 N–H and O–H groups in total. The van der Waals surface area contributed by atoms with Gasteiger partial charge in [-0.3, -0.25) is 9.36 Å². The van der Waals surface area contributed by atoms with Crippen LogP contribution < -0.4 is 5.56 Å². The van der Waals surface area contributed by atoms with E-state index >= 15 is 0 Å². The third-order valence-corrected chi connectivity index (χ3v) is 4.15. The zero-order chi connectivity index (χ0) is 15.2. The van der Waals surface area contributed by atoms with Crippen molar-refractivity contribution in [2.75, 3.05) is 5.75 Å². The van der Waals surface area contributed by atoms with E-state index in [1.807, 2.05) is 0 Å². The Bertz CT molecular complexity index is 764. The molecule has 21 heavy (non-hydrogen) atoms.